The van der Waals surface area contributed by atoms with Gasteiger partial charge in [0.25, 0.3) is 0 Å². The van der Waals surface area contributed by atoms with Crippen molar-refractivity contribution in [3.8, 4) is 12.1 Å². The van der Waals surface area contributed by atoms with Crippen LogP contribution in [-0.2, 0) is 0 Å². The number of likely N-dealkylation sites (tertiary alicyclic amines) is 1. The van der Waals surface area contributed by atoms with E-state index in [1.54, 1.807) is 6.07 Å². The van der Waals surface area contributed by atoms with Crippen molar-refractivity contribution >= 4 is 5.82 Å². The van der Waals surface area contributed by atoms with Crippen molar-refractivity contribution in [1.82, 2.24) is 14.9 Å². The monoisotopic (exact) mass is 345 g/mol. The van der Waals surface area contributed by atoms with Crippen LogP contribution in [0.25, 0.3) is 0 Å². The number of anilines is 1. The molecular weight excluding hydrogens is 318 g/mol. The van der Waals surface area contributed by atoms with Crippen molar-refractivity contribution < 1.29 is 9.84 Å². The maximum atomic E-state index is 10.3. The Morgan fingerprint density at radius 2 is 2.20 bits per heavy atom. The SMILES string of the molecule is C[C@H](Oc1nc(C#N)cc(N2CCC[C@@](C)(O)C2)n1)[C@@H]1CCCN1C. The lowest BCUT2D eigenvalue weighted by atomic mass is 9.95. The van der Waals surface area contributed by atoms with E-state index in [4.69, 9.17) is 4.74 Å². The van der Waals surface area contributed by atoms with Crippen molar-refractivity contribution in [2.24, 2.45) is 0 Å². The molecule has 1 aromatic rings. The second-order valence-corrected chi connectivity index (χ2v) is 7.54. The van der Waals surface area contributed by atoms with Gasteiger partial charge < -0.3 is 14.7 Å². The summed E-state index contributed by atoms with van der Waals surface area (Å²) < 4.78 is 5.99. The topological polar surface area (TPSA) is 85.5 Å². The standard InChI is InChI=1S/C18H27N5O2/c1-13(15-6-4-8-22(15)3)25-17-20-14(11-19)10-16(21-17)23-9-5-7-18(2,24)12-23/h10,13,15,24H,4-9,12H2,1-3H3/t13-,15-,18+/m0/s1. The summed E-state index contributed by atoms with van der Waals surface area (Å²) in [5.41, 5.74) is -0.450. The average Bonchev–Trinajstić information content (AvgIpc) is 2.99. The zero-order chi connectivity index (χ0) is 18.0. The molecule has 2 fully saturated rings. The molecule has 0 unspecified atom stereocenters. The number of nitriles is 1. The normalized spacial score (nSPS) is 28.6. The maximum absolute atomic E-state index is 10.3. The Hall–Kier alpha value is -1.91. The van der Waals surface area contributed by atoms with E-state index in [-0.39, 0.29) is 17.8 Å². The van der Waals surface area contributed by atoms with Crippen molar-refractivity contribution in [1.29, 1.82) is 5.26 Å². The van der Waals surface area contributed by atoms with Crippen LogP contribution >= 0.6 is 0 Å². The first-order chi connectivity index (χ1) is 11.9. The minimum atomic E-state index is -0.739. The predicted octanol–water partition coefficient (Wildman–Crippen LogP) is 1.56. The van der Waals surface area contributed by atoms with Crippen LogP contribution in [0.1, 0.15) is 45.2 Å². The molecule has 0 aliphatic carbocycles. The summed E-state index contributed by atoms with van der Waals surface area (Å²) in [6, 6.07) is 4.34. The molecule has 0 bridgehead atoms. The van der Waals surface area contributed by atoms with Crippen molar-refractivity contribution in [2.75, 3.05) is 31.6 Å². The number of nitrogens with zero attached hydrogens (tertiary/aromatic N) is 5. The van der Waals surface area contributed by atoms with Crippen LogP contribution in [0.4, 0.5) is 5.82 Å². The first-order valence-electron chi connectivity index (χ1n) is 9.01. The quantitative estimate of drug-likeness (QED) is 0.886. The van der Waals surface area contributed by atoms with E-state index in [1.807, 2.05) is 18.7 Å². The van der Waals surface area contributed by atoms with E-state index < -0.39 is 5.60 Å². The number of rotatable bonds is 4. The van der Waals surface area contributed by atoms with Gasteiger partial charge in [0.1, 0.15) is 23.7 Å². The Morgan fingerprint density at radius 3 is 2.84 bits per heavy atom. The predicted molar refractivity (Wildman–Crippen MR) is 94.6 cm³/mol. The van der Waals surface area contributed by atoms with Crippen LogP contribution in [-0.4, -0.2) is 64.4 Å². The lowest BCUT2D eigenvalue weighted by Crippen LogP contribution is -2.46. The fourth-order valence-corrected chi connectivity index (χ4v) is 3.87. The van der Waals surface area contributed by atoms with E-state index in [0.717, 1.165) is 32.4 Å². The summed E-state index contributed by atoms with van der Waals surface area (Å²) in [5.74, 6) is 0.647. The minimum Gasteiger partial charge on any atom is -0.459 e. The van der Waals surface area contributed by atoms with Crippen molar-refractivity contribution in [3.05, 3.63) is 11.8 Å². The van der Waals surface area contributed by atoms with Gasteiger partial charge in [-0.15, -0.1) is 0 Å². The Labute approximate surface area is 149 Å². The number of β-amino-alcohol motifs (C(OH)–C–C–N with tert-alkyl or cyclic N) is 1. The maximum Gasteiger partial charge on any atom is 0.319 e. The molecule has 0 radical (unpaired) electrons. The minimum absolute atomic E-state index is 0.0428. The van der Waals surface area contributed by atoms with Crippen LogP contribution in [0.15, 0.2) is 6.07 Å². The number of ether oxygens (including phenoxy) is 1. The van der Waals surface area contributed by atoms with E-state index in [1.165, 1.54) is 6.42 Å². The van der Waals surface area contributed by atoms with Crippen molar-refractivity contribution in [2.45, 2.75) is 57.3 Å². The summed E-state index contributed by atoms with van der Waals surface area (Å²) in [6.07, 6.45) is 3.88. The van der Waals surface area contributed by atoms with Gasteiger partial charge in [-0.25, -0.2) is 0 Å². The highest BCUT2D eigenvalue weighted by atomic mass is 16.5. The van der Waals surface area contributed by atoms with E-state index in [0.29, 0.717) is 18.4 Å². The Bertz CT molecular complexity index is 657. The van der Waals surface area contributed by atoms with Crippen LogP contribution in [0.5, 0.6) is 6.01 Å². The molecular formula is C18H27N5O2. The second kappa shape index (κ2) is 7.14. The molecule has 0 saturated carbocycles. The molecule has 3 atom stereocenters. The molecule has 0 spiro atoms. The zero-order valence-corrected chi connectivity index (χ0v) is 15.3. The molecule has 2 saturated heterocycles. The number of aromatic nitrogens is 2. The molecule has 3 heterocycles. The first-order valence-corrected chi connectivity index (χ1v) is 9.01. The highest BCUT2D eigenvalue weighted by Gasteiger charge is 2.31. The molecule has 3 rings (SSSR count). The Kier molecular flexibility index (Phi) is 5.11. The molecule has 2 aliphatic rings. The smallest absolute Gasteiger partial charge is 0.319 e. The highest BCUT2D eigenvalue weighted by molar-refractivity contribution is 5.44. The lowest BCUT2D eigenvalue weighted by Gasteiger charge is -2.37. The van der Waals surface area contributed by atoms with E-state index in [9.17, 15) is 10.4 Å². The summed E-state index contributed by atoms with van der Waals surface area (Å²) in [4.78, 5) is 13.0. The van der Waals surface area contributed by atoms with Gasteiger partial charge in [-0.05, 0) is 53.1 Å². The van der Waals surface area contributed by atoms with Gasteiger partial charge in [0.05, 0.1) is 5.60 Å². The molecule has 0 amide bonds. The molecule has 0 aromatic carbocycles. The third kappa shape index (κ3) is 4.20. The third-order valence-corrected chi connectivity index (χ3v) is 5.22. The van der Waals surface area contributed by atoms with E-state index >= 15 is 0 Å². The number of hydrogen-bond donors (Lipinski definition) is 1. The van der Waals surface area contributed by atoms with E-state index in [2.05, 4.69) is 28.0 Å². The van der Waals surface area contributed by atoms with Gasteiger partial charge in [0, 0.05) is 25.2 Å². The summed E-state index contributed by atoms with van der Waals surface area (Å²) in [6.45, 7) is 6.24. The van der Waals surface area contributed by atoms with Crippen molar-refractivity contribution in [3.63, 3.8) is 0 Å². The summed E-state index contributed by atoms with van der Waals surface area (Å²) >= 11 is 0. The summed E-state index contributed by atoms with van der Waals surface area (Å²) in [7, 11) is 2.10. The molecule has 2 aliphatic heterocycles. The molecule has 1 aromatic heterocycles. The van der Waals surface area contributed by atoms with Crippen LogP contribution in [0.2, 0.25) is 0 Å². The molecule has 136 valence electrons. The highest BCUT2D eigenvalue weighted by Crippen LogP contribution is 2.27. The Balaban J connectivity index is 1.79. The summed E-state index contributed by atoms with van der Waals surface area (Å²) in [5, 5.41) is 19.6. The lowest BCUT2D eigenvalue weighted by molar-refractivity contribution is 0.0445. The molecule has 1 N–H and O–H groups in total. The van der Waals surface area contributed by atoms with Gasteiger partial charge in [-0.2, -0.15) is 15.2 Å². The van der Waals surface area contributed by atoms with Crippen LogP contribution < -0.4 is 9.64 Å². The third-order valence-electron chi connectivity index (χ3n) is 5.22. The molecule has 7 nitrogen and oxygen atoms in total. The second-order valence-electron chi connectivity index (χ2n) is 7.54. The number of hydrogen-bond acceptors (Lipinski definition) is 7. The van der Waals surface area contributed by atoms with Gasteiger partial charge in [-0.1, -0.05) is 0 Å². The van der Waals surface area contributed by atoms with Gasteiger partial charge >= 0.3 is 6.01 Å². The van der Waals surface area contributed by atoms with Crippen LogP contribution in [0, 0.1) is 11.3 Å². The zero-order valence-electron chi connectivity index (χ0n) is 15.3. The molecule has 7 heteroatoms. The average molecular weight is 345 g/mol. The largest absolute Gasteiger partial charge is 0.459 e. The Morgan fingerprint density at radius 1 is 1.40 bits per heavy atom. The number of likely N-dealkylation sites (N-methyl/N-ethyl adjacent to an activating group) is 1. The van der Waals surface area contributed by atoms with Crippen LogP contribution in [0.3, 0.4) is 0 Å². The van der Waals surface area contributed by atoms with Gasteiger partial charge in [0.2, 0.25) is 0 Å². The first kappa shape index (κ1) is 17.9. The van der Waals surface area contributed by atoms with Gasteiger partial charge in [0.15, 0.2) is 0 Å². The number of piperidine rings is 1. The fraction of sp³-hybridized carbons (Fsp3) is 0.722. The molecule has 25 heavy (non-hydrogen) atoms. The van der Waals surface area contributed by atoms with Gasteiger partial charge in [-0.3, -0.25) is 4.90 Å². The number of aliphatic hydroxyl groups is 1. The fourth-order valence-electron chi connectivity index (χ4n) is 3.87.